The lowest BCUT2D eigenvalue weighted by molar-refractivity contribution is 0.0183. The Kier molecular flexibility index (Phi) is 7.20. The van der Waals surface area contributed by atoms with Crippen LogP contribution in [0.1, 0.15) is 47.5 Å². The molecule has 0 aromatic heterocycles. The lowest BCUT2D eigenvalue weighted by atomic mass is 10.1. The van der Waals surface area contributed by atoms with E-state index >= 15 is 0 Å². The summed E-state index contributed by atoms with van der Waals surface area (Å²) in [5, 5.41) is 3.50. The molecule has 1 aliphatic rings. The first-order valence-corrected chi connectivity index (χ1v) is 7.63. The van der Waals surface area contributed by atoms with Crippen molar-refractivity contribution in [2.24, 2.45) is 5.92 Å². The first-order chi connectivity index (χ1) is 8.52. The molecule has 0 aromatic rings. The Hall–Kier alpha value is -0.120. The van der Waals surface area contributed by atoms with Crippen molar-refractivity contribution < 1.29 is 4.74 Å². The fourth-order valence-corrected chi connectivity index (χ4v) is 2.56. The van der Waals surface area contributed by atoms with E-state index in [-0.39, 0.29) is 0 Å². The maximum absolute atomic E-state index is 6.12. The lowest BCUT2D eigenvalue weighted by Gasteiger charge is -2.27. The molecule has 1 aliphatic heterocycles. The zero-order chi connectivity index (χ0) is 13.5. The number of hydrogen-bond acceptors (Lipinski definition) is 3. The Morgan fingerprint density at radius 3 is 2.39 bits per heavy atom. The number of nitrogens with one attached hydrogen (secondary N) is 1. The number of ether oxygens (including phenoxy) is 1. The van der Waals surface area contributed by atoms with Gasteiger partial charge in [-0.2, -0.15) is 0 Å². The van der Waals surface area contributed by atoms with Gasteiger partial charge in [-0.3, -0.25) is 4.90 Å². The second-order valence-corrected chi connectivity index (χ2v) is 6.19. The molecular formula is C15H32N2O. The van der Waals surface area contributed by atoms with Gasteiger partial charge < -0.3 is 10.1 Å². The van der Waals surface area contributed by atoms with E-state index in [1.54, 1.807) is 0 Å². The molecule has 1 rings (SSSR count). The van der Waals surface area contributed by atoms with Crippen molar-refractivity contribution in [2.75, 3.05) is 26.2 Å². The van der Waals surface area contributed by atoms with Crippen molar-refractivity contribution in [3.63, 3.8) is 0 Å². The minimum absolute atomic E-state index is 0.430. The van der Waals surface area contributed by atoms with Crippen molar-refractivity contribution in [1.29, 1.82) is 0 Å². The summed E-state index contributed by atoms with van der Waals surface area (Å²) in [5.41, 5.74) is 0. The summed E-state index contributed by atoms with van der Waals surface area (Å²) in [4.78, 5) is 2.49. The van der Waals surface area contributed by atoms with Gasteiger partial charge in [0.1, 0.15) is 0 Å². The van der Waals surface area contributed by atoms with Crippen LogP contribution in [0.2, 0.25) is 0 Å². The molecule has 0 aromatic carbocycles. The lowest BCUT2D eigenvalue weighted by Crippen LogP contribution is -2.38. The standard InChI is InChI=1S/C15H32N2O/c1-6-17(13(4)5)11-15-8-7-14(18-15)10-16-9-12(2)3/h12-16H,6-11H2,1-5H3. The van der Waals surface area contributed by atoms with E-state index in [1.165, 1.54) is 12.8 Å². The van der Waals surface area contributed by atoms with Crippen molar-refractivity contribution in [3.8, 4) is 0 Å². The molecule has 0 spiro atoms. The predicted molar refractivity (Wildman–Crippen MR) is 78.0 cm³/mol. The zero-order valence-corrected chi connectivity index (χ0v) is 12.9. The molecule has 0 aliphatic carbocycles. The highest BCUT2D eigenvalue weighted by Crippen LogP contribution is 2.20. The highest BCUT2D eigenvalue weighted by molar-refractivity contribution is 4.78. The summed E-state index contributed by atoms with van der Waals surface area (Å²) in [5.74, 6) is 0.721. The number of hydrogen-bond donors (Lipinski definition) is 1. The molecule has 0 amide bonds. The van der Waals surface area contributed by atoms with Gasteiger partial charge in [0.15, 0.2) is 0 Å². The van der Waals surface area contributed by atoms with Crippen LogP contribution in [0, 0.1) is 5.92 Å². The fourth-order valence-electron chi connectivity index (χ4n) is 2.56. The molecule has 2 unspecified atom stereocenters. The summed E-state index contributed by atoms with van der Waals surface area (Å²) < 4.78 is 6.12. The van der Waals surface area contributed by atoms with Crippen LogP contribution in [0.3, 0.4) is 0 Å². The second-order valence-electron chi connectivity index (χ2n) is 6.19. The largest absolute Gasteiger partial charge is 0.372 e. The molecule has 3 heteroatoms. The van der Waals surface area contributed by atoms with Gasteiger partial charge in [-0.1, -0.05) is 20.8 Å². The van der Waals surface area contributed by atoms with Crippen LogP contribution in [0.25, 0.3) is 0 Å². The van der Waals surface area contributed by atoms with Gasteiger partial charge in [-0.15, -0.1) is 0 Å². The maximum atomic E-state index is 6.12. The summed E-state index contributed by atoms with van der Waals surface area (Å²) in [6.07, 6.45) is 3.31. The first kappa shape index (κ1) is 15.9. The van der Waals surface area contributed by atoms with Crippen molar-refractivity contribution >= 4 is 0 Å². The van der Waals surface area contributed by atoms with E-state index in [2.05, 4.69) is 44.8 Å². The number of nitrogens with zero attached hydrogens (tertiary/aromatic N) is 1. The minimum atomic E-state index is 0.430. The van der Waals surface area contributed by atoms with Crippen LogP contribution < -0.4 is 5.32 Å². The third-order valence-electron chi connectivity index (χ3n) is 3.69. The molecule has 0 saturated carbocycles. The Bertz CT molecular complexity index is 219. The normalized spacial score (nSPS) is 24.7. The molecular weight excluding hydrogens is 224 g/mol. The van der Waals surface area contributed by atoms with Crippen molar-refractivity contribution in [3.05, 3.63) is 0 Å². The molecule has 1 heterocycles. The van der Waals surface area contributed by atoms with Crippen LogP contribution in [0.5, 0.6) is 0 Å². The SMILES string of the molecule is CCN(CC1CCC(CNCC(C)C)O1)C(C)C. The zero-order valence-electron chi connectivity index (χ0n) is 12.9. The van der Waals surface area contributed by atoms with E-state index in [1.807, 2.05) is 0 Å². The van der Waals surface area contributed by atoms with Gasteiger partial charge in [-0.25, -0.2) is 0 Å². The Morgan fingerprint density at radius 1 is 1.17 bits per heavy atom. The summed E-state index contributed by atoms with van der Waals surface area (Å²) >= 11 is 0. The van der Waals surface area contributed by atoms with E-state index in [0.717, 1.165) is 32.1 Å². The van der Waals surface area contributed by atoms with E-state index in [4.69, 9.17) is 4.74 Å². The molecule has 1 saturated heterocycles. The summed E-state index contributed by atoms with van der Waals surface area (Å²) in [7, 11) is 0. The Labute approximate surface area is 113 Å². The molecule has 18 heavy (non-hydrogen) atoms. The molecule has 1 fully saturated rings. The fraction of sp³-hybridized carbons (Fsp3) is 1.00. The average molecular weight is 256 g/mol. The van der Waals surface area contributed by atoms with Crippen LogP contribution in [-0.2, 0) is 4.74 Å². The predicted octanol–water partition coefficient (Wildman–Crippen LogP) is 2.51. The van der Waals surface area contributed by atoms with Crippen LogP contribution in [0.4, 0.5) is 0 Å². The molecule has 3 nitrogen and oxygen atoms in total. The Morgan fingerprint density at radius 2 is 1.83 bits per heavy atom. The smallest absolute Gasteiger partial charge is 0.0707 e. The number of likely N-dealkylation sites (N-methyl/N-ethyl adjacent to an activating group) is 1. The number of rotatable bonds is 8. The van der Waals surface area contributed by atoms with Gasteiger partial charge in [-0.05, 0) is 45.7 Å². The highest BCUT2D eigenvalue weighted by Gasteiger charge is 2.26. The first-order valence-electron chi connectivity index (χ1n) is 7.63. The van der Waals surface area contributed by atoms with Crippen LogP contribution in [0.15, 0.2) is 0 Å². The van der Waals surface area contributed by atoms with Gasteiger partial charge in [0.25, 0.3) is 0 Å². The second kappa shape index (κ2) is 8.13. The Balaban J connectivity index is 2.20. The monoisotopic (exact) mass is 256 g/mol. The third-order valence-corrected chi connectivity index (χ3v) is 3.69. The minimum Gasteiger partial charge on any atom is -0.372 e. The summed E-state index contributed by atoms with van der Waals surface area (Å²) in [6, 6.07) is 0.622. The van der Waals surface area contributed by atoms with E-state index in [0.29, 0.717) is 18.2 Å². The maximum Gasteiger partial charge on any atom is 0.0707 e. The van der Waals surface area contributed by atoms with Crippen LogP contribution in [-0.4, -0.2) is 49.3 Å². The molecule has 108 valence electrons. The van der Waals surface area contributed by atoms with E-state index < -0.39 is 0 Å². The molecule has 0 bridgehead atoms. The molecule has 2 atom stereocenters. The third kappa shape index (κ3) is 5.68. The molecule has 0 radical (unpaired) electrons. The van der Waals surface area contributed by atoms with Gasteiger partial charge in [0.2, 0.25) is 0 Å². The quantitative estimate of drug-likeness (QED) is 0.722. The topological polar surface area (TPSA) is 24.5 Å². The van der Waals surface area contributed by atoms with Gasteiger partial charge >= 0.3 is 0 Å². The molecule has 1 N–H and O–H groups in total. The van der Waals surface area contributed by atoms with Crippen LogP contribution >= 0.6 is 0 Å². The summed E-state index contributed by atoms with van der Waals surface area (Å²) in [6.45, 7) is 15.6. The van der Waals surface area contributed by atoms with Gasteiger partial charge in [0.05, 0.1) is 12.2 Å². The van der Waals surface area contributed by atoms with Gasteiger partial charge in [0, 0.05) is 19.1 Å². The van der Waals surface area contributed by atoms with Crippen molar-refractivity contribution in [2.45, 2.75) is 65.7 Å². The average Bonchev–Trinajstić information content (AvgIpc) is 2.72. The van der Waals surface area contributed by atoms with E-state index in [9.17, 15) is 0 Å². The van der Waals surface area contributed by atoms with Crippen molar-refractivity contribution in [1.82, 2.24) is 10.2 Å². The highest BCUT2D eigenvalue weighted by atomic mass is 16.5.